The Morgan fingerprint density at radius 3 is 2.64 bits per heavy atom. The number of nitrogens with one attached hydrogen (secondary N) is 1. The Morgan fingerprint density at radius 1 is 1.16 bits per heavy atom. The highest BCUT2D eigenvalue weighted by Gasteiger charge is 2.25. The van der Waals surface area contributed by atoms with Gasteiger partial charge < -0.3 is 4.79 Å². The summed E-state index contributed by atoms with van der Waals surface area (Å²) < 4.78 is 27.9. The van der Waals surface area contributed by atoms with Crippen LogP contribution in [0.15, 0.2) is 47.4 Å². The Labute approximate surface area is 153 Å². The first kappa shape index (κ1) is 18.1. The standard InChI is InChI=1S/C19H20ClNO3S/c20-16-6-9-18(10-7-16)25(23,24)21-17-8-11-19-14(5-2-12-22)3-1-4-15(19)13-17/h1,3-4,6-7,9-10,12,17,21H,2,5,8,11,13H2. The number of carbonyl (C=O) groups excluding carboxylic acids is 1. The third-order valence-corrected chi connectivity index (χ3v) is 6.34. The minimum Gasteiger partial charge on any atom is -0.303 e. The lowest BCUT2D eigenvalue weighted by Crippen LogP contribution is -2.39. The smallest absolute Gasteiger partial charge is 0.240 e. The Hall–Kier alpha value is -1.69. The molecule has 0 bridgehead atoms. The summed E-state index contributed by atoms with van der Waals surface area (Å²) in [5.41, 5.74) is 3.63. The average Bonchev–Trinajstić information content (AvgIpc) is 2.59. The van der Waals surface area contributed by atoms with Gasteiger partial charge >= 0.3 is 0 Å². The van der Waals surface area contributed by atoms with Crippen molar-refractivity contribution in [2.75, 3.05) is 0 Å². The van der Waals surface area contributed by atoms with Crippen LogP contribution in [-0.2, 0) is 34.1 Å². The quantitative estimate of drug-likeness (QED) is 0.785. The molecule has 0 aromatic heterocycles. The van der Waals surface area contributed by atoms with Gasteiger partial charge in [0, 0.05) is 17.5 Å². The summed E-state index contributed by atoms with van der Waals surface area (Å²) in [4.78, 5) is 10.9. The zero-order chi connectivity index (χ0) is 17.9. The summed E-state index contributed by atoms with van der Waals surface area (Å²) in [6.07, 6.45) is 4.43. The van der Waals surface area contributed by atoms with Gasteiger partial charge in [-0.25, -0.2) is 13.1 Å². The first-order chi connectivity index (χ1) is 12.0. The molecule has 0 radical (unpaired) electrons. The SMILES string of the molecule is O=CCCc1cccc2c1CCC(NS(=O)(=O)c1ccc(Cl)cc1)C2. The maximum Gasteiger partial charge on any atom is 0.240 e. The van der Waals surface area contributed by atoms with Crippen LogP contribution in [0, 0.1) is 0 Å². The molecule has 0 fully saturated rings. The van der Waals surface area contributed by atoms with E-state index in [2.05, 4.69) is 10.8 Å². The van der Waals surface area contributed by atoms with Crippen molar-refractivity contribution in [2.45, 2.75) is 43.0 Å². The highest BCUT2D eigenvalue weighted by molar-refractivity contribution is 7.89. The van der Waals surface area contributed by atoms with E-state index in [1.165, 1.54) is 28.8 Å². The number of carbonyl (C=O) groups is 1. The lowest BCUT2D eigenvalue weighted by Gasteiger charge is -2.27. The van der Waals surface area contributed by atoms with Gasteiger partial charge in [-0.1, -0.05) is 29.8 Å². The predicted octanol–water partition coefficient (Wildman–Crippen LogP) is 3.31. The molecule has 0 saturated heterocycles. The van der Waals surface area contributed by atoms with Crippen molar-refractivity contribution < 1.29 is 13.2 Å². The van der Waals surface area contributed by atoms with Gasteiger partial charge in [0.25, 0.3) is 0 Å². The number of fused-ring (bicyclic) bond motifs is 1. The molecule has 3 rings (SSSR count). The fourth-order valence-corrected chi connectivity index (χ4v) is 4.73. The molecule has 0 aliphatic heterocycles. The van der Waals surface area contributed by atoms with Gasteiger partial charge in [0.1, 0.15) is 6.29 Å². The number of hydrogen-bond acceptors (Lipinski definition) is 3. The van der Waals surface area contributed by atoms with E-state index in [0.29, 0.717) is 17.9 Å². The maximum absolute atomic E-state index is 12.5. The Bertz CT molecular complexity index is 863. The third-order valence-electron chi connectivity index (χ3n) is 4.56. The van der Waals surface area contributed by atoms with Crippen molar-refractivity contribution in [2.24, 2.45) is 0 Å². The van der Waals surface area contributed by atoms with Crippen LogP contribution in [0.3, 0.4) is 0 Å². The Kier molecular flexibility index (Phi) is 5.57. The number of hydrogen-bond donors (Lipinski definition) is 1. The topological polar surface area (TPSA) is 63.2 Å². The summed E-state index contributed by atoms with van der Waals surface area (Å²) in [6, 6.07) is 12.1. The molecule has 132 valence electrons. The van der Waals surface area contributed by atoms with Crippen LogP contribution in [0.4, 0.5) is 0 Å². The van der Waals surface area contributed by atoms with Crippen molar-refractivity contribution in [1.82, 2.24) is 4.72 Å². The van der Waals surface area contributed by atoms with Gasteiger partial charge in [-0.3, -0.25) is 0 Å². The van der Waals surface area contributed by atoms with Crippen molar-refractivity contribution in [3.05, 3.63) is 64.2 Å². The zero-order valence-electron chi connectivity index (χ0n) is 13.7. The highest BCUT2D eigenvalue weighted by atomic mass is 35.5. The number of sulfonamides is 1. The van der Waals surface area contributed by atoms with Gasteiger partial charge in [0.15, 0.2) is 0 Å². The number of benzene rings is 2. The van der Waals surface area contributed by atoms with Crippen LogP contribution in [-0.4, -0.2) is 20.7 Å². The second-order valence-electron chi connectivity index (χ2n) is 6.28. The Balaban J connectivity index is 1.75. The van der Waals surface area contributed by atoms with Crippen molar-refractivity contribution in [3.8, 4) is 0 Å². The van der Waals surface area contributed by atoms with Crippen LogP contribution in [0.2, 0.25) is 5.02 Å². The minimum atomic E-state index is -3.56. The molecule has 1 unspecified atom stereocenters. The fourth-order valence-electron chi connectivity index (χ4n) is 3.34. The van der Waals surface area contributed by atoms with Crippen LogP contribution in [0.5, 0.6) is 0 Å². The van der Waals surface area contributed by atoms with Crippen LogP contribution in [0.25, 0.3) is 0 Å². The first-order valence-electron chi connectivity index (χ1n) is 8.31. The molecule has 2 aromatic carbocycles. The number of aldehydes is 1. The molecule has 4 nitrogen and oxygen atoms in total. The van der Waals surface area contributed by atoms with E-state index in [0.717, 1.165) is 25.5 Å². The molecule has 1 aliphatic carbocycles. The van der Waals surface area contributed by atoms with Crippen molar-refractivity contribution >= 4 is 27.9 Å². The summed E-state index contributed by atoms with van der Waals surface area (Å²) in [5.74, 6) is 0. The van der Waals surface area contributed by atoms with Gasteiger partial charge in [0.2, 0.25) is 10.0 Å². The maximum atomic E-state index is 12.5. The number of halogens is 1. The van der Waals surface area contributed by atoms with E-state index in [1.807, 2.05) is 12.1 Å². The molecule has 1 N–H and O–H groups in total. The largest absolute Gasteiger partial charge is 0.303 e. The molecule has 2 aromatic rings. The molecular formula is C19H20ClNO3S. The summed E-state index contributed by atoms with van der Waals surface area (Å²) in [7, 11) is -3.56. The molecule has 0 amide bonds. The van der Waals surface area contributed by atoms with E-state index in [1.54, 1.807) is 12.1 Å². The first-order valence-corrected chi connectivity index (χ1v) is 10.2. The second kappa shape index (κ2) is 7.68. The molecule has 0 saturated carbocycles. The van der Waals surface area contributed by atoms with Gasteiger partial charge in [0.05, 0.1) is 4.90 Å². The van der Waals surface area contributed by atoms with E-state index in [-0.39, 0.29) is 10.9 Å². The second-order valence-corrected chi connectivity index (χ2v) is 8.43. The van der Waals surface area contributed by atoms with E-state index >= 15 is 0 Å². The number of aryl methyl sites for hydroxylation is 1. The molecule has 25 heavy (non-hydrogen) atoms. The van der Waals surface area contributed by atoms with Crippen LogP contribution in [0.1, 0.15) is 29.5 Å². The van der Waals surface area contributed by atoms with Crippen molar-refractivity contribution in [1.29, 1.82) is 0 Å². The summed E-state index contributed by atoms with van der Waals surface area (Å²) in [5, 5.41) is 0.508. The summed E-state index contributed by atoms with van der Waals surface area (Å²) >= 11 is 5.82. The van der Waals surface area contributed by atoms with Crippen LogP contribution >= 0.6 is 11.6 Å². The minimum absolute atomic E-state index is 0.130. The summed E-state index contributed by atoms with van der Waals surface area (Å²) in [6.45, 7) is 0. The van der Waals surface area contributed by atoms with E-state index < -0.39 is 10.0 Å². The number of rotatable bonds is 6. The molecular weight excluding hydrogens is 358 g/mol. The fraction of sp³-hybridized carbons (Fsp3) is 0.316. The van der Waals surface area contributed by atoms with Gasteiger partial charge in [-0.15, -0.1) is 0 Å². The van der Waals surface area contributed by atoms with Gasteiger partial charge in [-0.2, -0.15) is 0 Å². The molecule has 6 heteroatoms. The van der Waals surface area contributed by atoms with E-state index in [4.69, 9.17) is 11.6 Å². The molecule has 0 heterocycles. The highest BCUT2D eigenvalue weighted by Crippen LogP contribution is 2.26. The normalized spacial score (nSPS) is 17.1. The predicted molar refractivity (Wildman–Crippen MR) is 98.4 cm³/mol. The van der Waals surface area contributed by atoms with E-state index in [9.17, 15) is 13.2 Å². The van der Waals surface area contributed by atoms with Crippen LogP contribution < -0.4 is 4.72 Å². The van der Waals surface area contributed by atoms with Crippen molar-refractivity contribution in [3.63, 3.8) is 0 Å². The molecule has 1 aliphatic rings. The van der Waals surface area contributed by atoms with Gasteiger partial charge in [-0.05, 0) is 66.6 Å². The Morgan fingerprint density at radius 2 is 1.92 bits per heavy atom. The molecule has 1 atom stereocenters. The lowest BCUT2D eigenvalue weighted by molar-refractivity contribution is -0.107. The average molecular weight is 378 g/mol. The lowest BCUT2D eigenvalue weighted by atomic mass is 9.85. The molecule has 0 spiro atoms. The third kappa shape index (κ3) is 4.29. The zero-order valence-corrected chi connectivity index (χ0v) is 15.3. The monoisotopic (exact) mass is 377 g/mol.